The Balaban J connectivity index is 2.25. The zero-order chi connectivity index (χ0) is 15.2. The molecular formula is C17H17NO3. The molecule has 4 nitrogen and oxygen atoms in total. The third-order valence-electron chi connectivity index (χ3n) is 3.06. The predicted molar refractivity (Wildman–Crippen MR) is 83.2 cm³/mol. The van der Waals surface area contributed by atoms with Crippen LogP contribution in [-0.4, -0.2) is 26.2 Å². The largest absolute Gasteiger partial charge is 0.497 e. The lowest BCUT2D eigenvalue weighted by atomic mass is 10.1. The topological polar surface area (TPSA) is 47.9 Å². The van der Waals surface area contributed by atoms with Crippen LogP contribution >= 0.6 is 0 Å². The average molecular weight is 283 g/mol. The Morgan fingerprint density at radius 2 is 1.76 bits per heavy atom. The zero-order valence-corrected chi connectivity index (χ0v) is 12.3. The Labute approximate surface area is 124 Å². The van der Waals surface area contributed by atoms with E-state index >= 15 is 0 Å². The standard InChI is InChI=1S/C17H17NO3/c1-12(19)13-4-6-15(7-5-13)18-11-14-10-16(20-2)8-9-17(14)21-3/h4-11H,1-3H3. The van der Waals surface area contributed by atoms with Gasteiger partial charge in [-0.05, 0) is 49.4 Å². The van der Waals surface area contributed by atoms with Gasteiger partial charge < -0.3 is 9.47 Å². The summed E-state index contributed by atoms with van der Waals surface area (Å²) in [4.78, 5) is 15.6. The highest BCUT2D eigenvalue weighted by atomic mass is 16.5. The molecule has 0 saturated carbocycles. The first-order chi connectivity index (χ1) is 10.1. The van der Waals surface area contributed by atoms with E-state index < -0.39 is 0 Å². The van der Waals surface area contributed by atoms with Gasteiger partial charge in [-0.3, -0.25) is 9.79 Å². The number of ether oxygens (including phenoxy) is 2. The van der Waals surface area contributed by atoms with Crippen LogP contribution in [0.3, 0.4) is 0 Å². The summed E-state index contributed by atoms with van der Waals surface area (Å²) in [6.45, 7) is 1.54. The Kier molecular flexibility index (Phi) is 4.72. The van der Waals surface area contributed by atoms with E-state index in [0.29, 0.717) is 5.56 Å². The lowest BCUT2D eigenvalue weighted by Crippen LogP contribution is -1.92. The minimum Gasteiger partial charge on any atom is -0.497 e. The maximum absolute atomic E-state index is 11.2. The van der Waals surface area contributed by atoms with Crippen LogP contribution in [0.15, 0.2) is 47.5 Å². The molecule has 0 N–H and O–H groups in total. The van der Waals surface area contributed by atoms with Gasteiger partial charge in [-0.2, -0.15) is 0 Å². The highest BCUT2D eigenvalue weighted by molar-refractivity contribution is 5.94. The molecule has 0 bridgehead atoms. The fourth-order valence-corrected chi connectivity index (χ4v) is 1.87. The normalized spacial score (nSPS) is 10.6. The molecule has 0 heterocycles. The maximum atomic E-state index is 11.2. The van der Waals surface area contributed by atoms with Crippen LogP contribution in [0.25, 0.3) is 0 Å². The lowest BCUT2D eigenvalue weighted by Gasteiger charge is -2.06. The van der Waals surface area contributed by atoms with Crippen molar-refractivity contribution in [1.29, 1.82) is 0 Å². The number of rotatable bonds is 5. The van der Waals surface area contributed by atoms with Gasteiger partial charge in [0.25, 0.3) is 0 Å². The van der Waals surface area contributed by atoms with Crippen LogP contribution in [0, 0.1) is 0 Å². The number of methoxy groups -OCH3 is 2. The smallest absolute Gasteiger partial charge is 0.159 e. The van der Waals surface area contributed by atoms with Crippen molar-refractivity contribution in [3.63, 3.8) is 0 Å². The van der Waals surface area contributed by atoms with E-state index in [0.717, 1.165) is 22.7 Å². The number of hydrogen-bond acceptors (Lipinski definition) is 4. The average Bonchev–Trinajstić information content (AvgIpc) is 2.52. The molecule has 0 radical (unpaired) electrons. The van der Waals surface area contributed by atoms with Crippen LogP contribution in [-0.2, 0) is 0 Å². The third kappa shape index (κ3) is 3.69. The number of ketones is 1. The molecule has 2 rings (SSSR count). The number of nitrogens with zero attached hydrogens (tertiary/aromatic N) is 1. The Morgan fingerprint density at radius 3 is 2.33 bits per heavy atom. The van der Waals surface area contributed by atoms with Crippen molar-refractivity contribution in [3.8, 4) is 11.5 Å². The van der Waals surface area contributed by atoms with Gasteiger partial charge in [-0.15, -0.1) is 0 Å². The van der Waals surface area contributed by atoms with Crippen LogP contribution in [0.4, 0.5) is 5.69 Å². The van der Waals surface area contributed by atoms with Gasteiger partial charge in [0, 0.05) is 17.3 Å². The number of aliphatic imine (C=N–C) groups is 1. The molecule has 0 aliphatic carbocycles. The molecule has 108 valence electrons. The summed E-state index contributed by atoms with van der Waals surface area (Å²) >= 11 is 0. The van der Waals surface area contributed by atoms with Crippen LogP contribution in [0.1, 0.15) is 22.8 Å². The monoisotopic (exact) mass is 283 g/mol. The van der Waals surface area contributed by atoms with E-state index in [-0.39, 0.29) is 5.78 Å². The van der Waals surface area contributed by atoms with Gasteiger partial charge in [-0.1, -0.05) is 0 Å². The summed E-state index contributed by atoms with van der Waals surface area (Å²) in [5, 5.41) is 0. The molecule has 0 aromatic heterocycles. The van der Waals surface area contributed by atoms with Crippen molar-refractivity contribution in [1.82, 2.24) is 0 Å². The molecule has 0 unspecified atom stereocenters. The zero-order valence-electron chi connectivity index (χ0n) is 12.3. The second-order valence-electron chi connectivity index (χ2n) is 4.47. The lowest BCUT2D eigenvalue weighted by molar-refractivity contribution is 0.101. The van der Waals surface area contributed by atoms with Gasteiger partial charge in [0.2, 0.25) is 0 Å². The van der Waals surface area contributed by atoms with Crippen molar-refractivity contribution >= 4 is 17.7 Å². The molecular weight excluding hydrogens is 266 g/mol. The van der Waals surface area contributed by atoms with Crippen molar-refractivity contribution in [2.45, 2.75) is 6.92 Å². The summed E-state index contributed by atoms with van der Waals surface area (Å²) in [5.74, 6) is 1.50. The van der Waals surface area contributed by atoms with E-state index in [1.54, 1.807) is 51.6 Å². The summed E-state index contributed by atoms with van der Waals surface area (Å²) < 4.78 is 10.5. The summed E-state index contributed by atoms with van der Waals surface area (Å²) in [6.07, 6.45) is 1.71. The summed E-state index contributed by atoms with van der Waals surface area (Å²) in [5.41, 5.74) is 2.27. The van der Waals surface area contributed by atoms with Crippen LogP contribution in [0.2, 0.25) is 0 Å². The highest BCUT2D eigenvalue weighted by Gasteiger charge is 2.03. The van der Waals surface area contributed by atoms with E-state index in [4.69, 9.17) is 9.47 Å². The van der Waals surface area contributed by atoms with Gasteiger partial charge >= 0.3 is 0 Å². The number of carbonyl (C=O) groups is 1. The Hall–Kier alpha value is -2.62. The quantitative estimate of drug-likeness (QED) is 0.621. The molecule has 0 aliphatic rings. The third-order valence-corrected chi connectivity index (χ3v) is 3.06. The van der Waals surface area contributed by atoms with E-state index in [9.17, 15) is 4.79 Å². The summed E-state index contributed by atoms with van der Waals surface area (Å²) in [7, 11) is 3.23. The molecule has 0 atom stereocenters. The molecule has 2 aromatic rings. The van der Waals surface area contributed by atoms with E-state index in [2.05, 4.69) is 4.99 Å². The number of carbonyl (C=O) groups excluding carboxylic acids is 1. The first-order valence-electron chi connectivity index (χ1n) is 6.51. The van der Waals surface area contributed by atoms with Crippen LogP contribution < -0.4 is 9.47 Å². The number of benzene rings is 2. The molecule has 4 heteroatoms. The second-order valence-corrected chi connectivity index (χ2v) is 4.47. The van der Waals surface area contributed by atoms with Gasteiger partial charge in [0.1, 0.15) is 11.5 Å². The van der Waals surface area contributed by atoms with E-state index in [1.807, 2.05) is 18.2 Å². The van der Waals surface area contributed by atoms with Gasteiger partial charge in [0.05, 0.1) is 19.9 Å². The highest BCUT2D eigenvalue weighted by Crippen LogP contribution is 2.23. The Bertz CT molecular complexity index is 660. The Morgan fingerprint density at radius 1 is 1.05 bits per heavy atom. The molecule has 0 spiro atoms. The first kappa shape index (κ1) is 14.8. The molecule has 2 aromatic carbocycles. The SMILES string of the molecule is COc1ccc(OC)c(C=Nc2ccc(C(C)=O)cc2)c1. The number of hydrogen-bond donors (Lipinski definition) is 0. The molecule has 0 fully saturated rings. The maximum Gasteiger partial charge on any atom is 0.159 e. The molecule has 0 amide bonds. The van der Waals surface area contributed by atoms with Crippen molar-refractivity contribution in [2.24, 2.45) is 4.99 Å². The van der Waals surface area contributed by atoms with Crippen molar-refractivity contribution in [3.05, 3.63) is 53.6 Å². The minimum atomic E-state index is 0.0417. The minimum absolute atomic E-state index is 0.0417. The van der Waals surface area contributed by atoms with E-state index in [1.165, 1.54) is 0 Å². The molecule has 21 heavy (non-hydrogen) atoms. The molecule has 0 saturated heterocycles. The van der Waals surface area contributed by atoms with Gasteiger partial charge in [-0.25, -0.2) is 0 Å². The van der Waals surface area contributed by atoms with Crippen molar-refractivity contribution < 1.29 is 14.3 Å². The molecule has 0 aliphatic heterocycles. The summed E-state index contributed by atoms with van der Waals surface area (Å²) in [6, 6.07) is 12.7. The fourth-order valence-electron chi connectivity index (χ4n) is 1.87. The fraction of sp³-hybridized carbons (Fsp3) is 0.176. The van der Waals surface area contributed by atoms with Crippen molar-refractivity contribution in [2.75, 3.05) is 14.2 Å². The number of Topliss-reactive ketones (excluding diaryl/α,β-unsaturated/α-hetero) is 1. The predicted octanol–water partition coefficient (Wildman–Crippen LogP) is 3.66. The van der Waals surface area contributed by atoms with Gasteiger partial charge in [0.15, 0.2) is 5.78 Å². The second kappa shape index (κ2) is 6.70. The van der Waals surface area contributed by atoms with Crippen LogP contribution in [0.5, 0.6) is 11.5 Å². The first-order valence-corrected chi connectivity index (χ1v) is 6.51.